The maximum Gasteiger partial charge on any atom is 0.262 e. The average Bonchev–Trinajstić information content (AvgIpc) is 3.08. The fourth-order valence-electron chi connectivity index (χ4n) is 2.17. The van der Waals surface area contributed by atoms with Crippen molar-refractivity contribution < 1.29 is 24.5 Å². The molecule has 2 rings (SSSR count). The predicted molar refractivity (Wildman–Crippen MR) is 91.3 cm³/mol. The molecule has 0 aliphatic rings. The summed E-state index contributed by atoms with van der Waals surface area (Å²) in [5, 5.41) is 21.0. The number of benzene rings is 1. The maximum atomic E-state index is 12.3. The number of Topliss-reactive ketones (excluding diaryl/α,β-unsaturated/α-hetero) is 1. The van der Waals surface area contributed by atoms with E-state index in [1.54, 1.807) is 19.2 Å². The lowest BCUT2D eigenvalue weighted by Gasteiger charge is -2.18. The Morgan fingerprint density at radius 1 is 1.29 bits per heavy atom. The quantitative estimate of drug-likeness (QED) is 0.703. The van der Waals surface area contributed by atoms with Crippen LogP contribution in [0.15, 0.2) is 36.4 Å². The van der Waals surface area contributed by atoms with Crippen molar-refractivity contribution in [3.05, 3.63) is 41.3 Å². The maximum absolute atomic E-state index is 12.3. The summed E-state index contributed by atoms with van der Waals surface area (Å²) in [6.07, 6.45) is -1.09. The number of carbonyl (C=O) groups excluding carboxylic acids is 2. The molecule has 7 heteroatoms. The van der Waals surface area contributed by atoms with Crippen LogP contribution in [-0.4, -0.2) is 47.8 Å². The van der Waals surface area contributed by atoms with Gasteiger partial charge in [-0.1, -0.05) is 12.1 Å². The molecule has 1 aromatic heterocycles. The number of hydrogen-bond donors (Lipinski definition) is 3. The Balaban J connectivity index is 2.17. The van der Waals surface area contributed by atoms with Crippen LogP contribution in [0.1, 0.15) is 16.6 Å². The number of ether oxygens (including phenoxy) is 1. The third kappa shape index (κ3) is 4.19. The minimum absolute atomic E-state index is 0.407. The molecule has 0 bridgehead atoms. The molecule has 0 aliphatic heterocycles. The predicted octanol–water partition coefficient (Wildman–Crippen LogP) is 1.46. The number of rotatable bonds is 7. The first-order valence-electron chi connectivity index (χ1n) is 7.33. The smallest absolute Gasteiger partial charge is 0.262 e. The topological polar surface area (TPSA) is 95.9 Å². The van der Waals surface area contributed by atoms with Gasteiger partial charge >= 0.3 is 0 Å². The van der Waals surface area contributed by atoms with Crippen LogP contribution in [0.3, 0.4) is 0 Å². The number of methoxy groups -OCH3 is 1. The van der Waals surface area contributed by atoms with Gasteiger partial charge in [0.1, 0.15) is 18.4 Å². The van der Waals surface area contributed by atoms with Crippen molar-refractivity contribution in [3.8, 4) is 16.2 Å². The first-order chi connectivity index (χ1) is 11.5. The number of ketones is 1. The van der Waals surface area contributed by atoms with E-state index in [0.717, 1.165) is 16.2 Å². The Labute approximate surface area is 143 Å². The highest BCUT2D eigenvalue weighted by atomic mass is 32.1. The molecule has 0 aliphatic carbocycles. The zero-order valence-corrected chi connectivity index (χ0v) is 14.2. The van der Waals surface area contributed by atoms with Gasteiger partial charge < -0.3 is 20.3 Å². The van der Waals surface area contributed by atoms with E-state index in [9.17, 15) is 14.7 Å². The van der Waals surface area contributed by atoms with Gasteiger partial charge in [0.05, 0.1) is 18.1 Å². The molecule has 0 saturated carbocycles. The first kappa shape index (κ1) is 18.1. The lowest BCUT2D eigenvalue weighted by atomic mass is 10.1. The van der Waals surface area contributed by atoms with Gasteiger partial charge in [0.25, 0.3) is 5.91 Å². The largest absolute Gasteiger partial charge is 0.497 e. The van der Waals surface area contributed by atoms with Crippen LogP contribution in [0.25, 0.3) is 10.4 Å². The third-order valence-electron chi connectivity index (χ3n) is 3.46. The van der Waals surface area contributed by atoms with Crippen molar-refractivity contribution in [3.63, 3.8) is 0 Å². The van der Waals surface area contributed by atoms with Gasteiger partial charge in [0.2, 0.25) is 0 Å². The van der Waals surface area contributed by atoms with Gasteiger partial charge in [-0.25, -0.2) is 0 Å². The van der Waals surface area contributed by atoms with Crippen molar-refractivity contribution >= 4 is 23.0 Å². The summed E-state index contributed by atoms with van der Waals surface area (Å²) < 4.78 is 5.18. The molecule has 1 heterocycles. The molecule has 0 fully saturated rings. The summed E-state index contributed by atoms with van der Waals surface area (Å²) in [5.41, 5.74) is 0.914. The van der Waals surface area contributed by atoms with E-state index in [4.69, 9.17) is 9.84 Å². The molecule has 0 unspecified atom stereocenters. The second-order valence-corrected chi connectivity index (χ2v) is 6.30. The summed E-state index contributed by atoms with van der Waals surface area (Å²) in [7, 11) is 1.58. The lowest BCUT2D eigenvalue weighted by molar-refractivity contribution is -0.125. The highest BCUT2D eigenvalue weighted by Gasteiger charge is 2.25. The fourth-order valence-corrected chi connectivity index (χ4v) is 3.08. The summed E-state index contributed by atoms with van der Waals surface area (Å²) in [4.78, 5) is 25.1. The number of aliphatic hydroxyl groups is 2. The monoisotopic (exact) mass is 349 g/mol. The molecule has 1 aromatic carbocycles. The Morgan fingerprint density at radius 2 is 2.04 bits per heavy atom. The van der Waals surface area contributed by atoms with Gasteiger partial charge in [0.15, 0.2) is 5.78 Å². The highest BCUT2D eigenvalue weighted by Crippen LogP contribution is 2.30. The normalized spacial score (nSPS) is 13.2. The standard InChI is InChI=1S/C17H19NO5S/c1-10(20)16(13(21)9-19)18-17(22)15-7-6-14(24-15)11-4-3-5-12(8-11)23-2/h3-8,10,16,19-20H,9H2,1-2H3,(H,18,22)/t10-,16+/m1/s1. The van der Waals surface area contributed by atoms with Gasteiger partial charge in [0, 0.05) is 4.88 Å². The van der Waals surface area contributed by atoms with Crippen LogP contribution in [0.2, 0.25) is 0 Å². The van der Waals surface area contributed by atoms with Gasteiger partial charge in [-0.3, -0.25) is 9.59 Å². The summed E-state index contributed by atoms with van der Waals surface area (Å²) >= 11 is 1.26. The summed E-state index contributed by atoms with van der Waals surface area (Å²) in [6, 6.07) is 9.78. The second-order valence-electron chi connectivity index (χ2n) is 5.21. The molecule has 128 valence electrons. The molecule has 2 aromatic rings. The molecule has 24 heavy (non-hydrogen) atoms. The van der Waals surface area contributed by atoms with Crippen LogP contribution < -0.4 is 10.1 Å². The molecule has 3 N–H and O–H groups in total. The van der Waals surface area contributed by atoms with Crippen molar-refractivity contribution in [2.45, 2.75) is 19.1 Å². The van der Waals surface area contributed by atoms with Crippen LogP contribution in [0, 0.1) is 0 Å². The Morgan fingerprint density at radius 3 is 2.67 bits per heavy atom. The van der Waals surface area contributed by atoms with E-state index < -0.39 is 30.4 Å². The van der Waals surface area contributed by atoms with E-state index in [0.29, 0.717) is 4.88 Å². The number of thiophene rings is 1. The third-order valence-corrected chi connectivity index (χ3v) is 4.59. The zero-order chi connectivity index (χ0) is 17.7. The Bertz CT molecular complexity index is 725. The molecule has 0 saturated heterocycles. The molecular formula is C17H19NO5S. The Kier molecular flexibility index (Phi) is 6.08. The van der Waals surface area contributed by atoms with E-state index in [2.05, 4.69) is 5.32 Å². The van der Waals surface area contributed by atoms with E-state index in [1.165, 1.54) is 18.3 Å². The van der Waals surface area contributed by atoms with Gasteiger partial charge in [-0.2, -0.15) is 0 Å². The first-order valence-corrected chi connectivity index (χ1v) is 8.14. The molecule has 6 nitrogen and oxygen atoms in total. The number of aliphatic hydroxyl groups excluding tert-OH is 2. The van der Waals surface area contributed by atoms with Crippen LogP contribution in [0.4, 0.5) is 0 Å². The minimum Gasteiger partial charge on any atom is -0.497 e. The number of nitrogens with one attached hydrogen (secondary N) is 1. The second kappa shape index (κ2) is 8.05. The molecule has 0 radical (unpaired) electrons. The van der Waals surface area contributed by atoms with Gasteiger partial charge in [-0.05, 0) is 36.8 Å². The zero-order valence-electron chi connectivity index (χ0n) is 13.4. The van der Waals surface area contributed by atoms with Crippen molar-refractivity contribution in [1.82, 2.24) is 5.32 Å². The average molecular weight is 349 g/mol. The fraction of sp³-hybridized carbons (Fsp3) is 0.294. The minimum atomic E-state index is -1.13. The molecule has 0 spiro atoms. The molecular weight excluding hydrogens is 330 g/mol. The molecule has 1 amide bonds. The summed E-state index contributed by atoms with van der Waals surface area (Å²) in [5.74, 6) is -0.389. The van der Waals surface area contributed by atoms with Crippen molar-refractivity contribution in [2.24, 2.45) is 0 Å². The summed E-state index contributed by atoms with van der Waals surface area (Å²) in [6.45, 7) is 0.643. The number of carbonyl (C=O) groups is 2. The van der Waals surface area contributed by atoms with Crippen LogP contribution >= 0.6 is 11.3 Å². The highest BCUT2D eigenvalue weighted by molar-refractivity contribution is 7.17. The SMILES string of the molecule is COc1cccc(-c2ccc(C(=O)N[C@H](C(=O)CO)[C@@H](C)O)s2)c1. The number of hydrogen-bond acceptors (Lipinski definition) is 6. The van der Waals surface area contributed by atoms with Crippen molar-refractivity contribution in [1.29, 1.82) is 0 Å². The molecule has 2 atom stereocenters. The van der Waals surface area contributed by atoms with E-state index >= 15 is 0 Å². The van der Waals surface area contributed by atoms with E-state index in [1.807, 2.05) is 24.3 Å². The van der Waals surface area contributed by atoms with Crippen LogP contribution in [-0.2, 0) is 4.79 Å². The van der Waals surface area contributed by atoms with E-state index in [-0.39, 0.29) is 0 Å². The Hall–Kier alpha value is -2.22. The number of amides is 1. The van der Waals surface area contributed by atoms with Gasteiger partial charge in [-0.15, -0.1) is 11.3 Å². The van der Waals surface area contributed by atoms with Crippen molar-refractivity contribution in [2.75, 3.05) is 13.7 Å². The van der Waals surface area contributed by atoms with Crippen LogP contribution in [0.5, 0.6) is 5.75 Å². The lowest BCUT2D eigenvalue weighted by Crippen LogP contribution is -2.48.